The van der Waals surface area contributed by atoms with Gasteiger partial charge in [-0.25, -0.2) is 22.2 Å². The number of benzene rings is 2. The van der Waals surface area contributed by atoms with E-state index in [0.29, 0.717) is 29.6 Å². The Morgan fingerprint density at radius 1 is 1.00 bits per heavy atom. The first-order valence-corrected chi connectivity index (χ1v) is 12.4. The third-order valence-electron chi connectivity index (χ3n) is 4.93. The molecule has 2 aromatic carbocycles. The standard InChI is InChI=1S/C20H17Cl2F2N3O2S2/c21-15-5-4-13(11-16(15)22)10-14-12-30-20(25-14)26-6-8-27(9-7-26)31(28,29)19-17(23)2-1-3-18(19)24/h1-5,11-12H,6-10H2. The van der Waals surface area contributed by atoms with Gasteiger partial charge in [-0.15, -0.1) is 11.3 Å². The Labute approximate surface area is 192 Å². The van der Waals surface area contributed by atoms with E-state index in [1.54, 1.807) is 12.1 Å². The van der Waals surface area contributed by atoms with Gasteiger partial charge in [0, 0.05) is 38.0 Å². The molecule has 31 heavy (non-hydrogen) atoms. The minimum atomic E-state index is -4.26. The maximum absolute atomic E-state index is 14.0. The number of sulfonamides is 1. The summed E-state index contributed by atoms with van der Waals surface area (Å²) in [6.45, 7) is 0.958. The number of rotatable bonds is 5. The number of aromatic nitrogens is 1. The third-order valence-corrected chi connectivity index (χ3v) is 8.58. The highest BCUT2D eigenvalue weighted by Crippen LogP contribution is 2.28. The average Bonchev–Trinajstić information content (AvgIpc) is 3.19. The van der Waals surface area contributed by atoms with Gasteiger partial charge in [0.1, 0.15) is 11.6 Å². The normalized spacial score (nSPS) is 15.4. The molecular weight excluding hydrogens is 487 g/mol. The summed E-state index contributed by atoms with van der Waals surface area (Å²) in [6, 6.07) is 8.45. The van der Waals surface area contributed by atoms with Crippen molar-refractivity contribution in [2.45, 2.75) is 11.3 Å². The lowest BCUT2D eigenvalue weighted by Crippen LogP contribution is -2.49. The van der Waals surface area contributed by atoms with E-state index in [1.165, 1.54) is 11.3 Å². The van der Waals surface area contributed by atoms with Crippen molar-refractivity contribution in [3.8, 4) is 0 Å². The maximum Gasteiger partial charge on any atom is 0.249 e. The highest BCUT2D eigenvalue weighted by molar-refractivity contribution is 7.89. The van der Waals surface area contributed by atoms with E-state index in [0.717, 1.165) is 38.9 Å². The summed E-state index contributed by atoms with van der Waals surface area (Å²) >= 11 is 13.5. The van der Waals surface area contributed by atoms with Crippen molar-refractivity contribution in [3.05, 3.63) is 74.7 Å². The zero-order chi connectivity index (χ0) is 22.2. The van der Waals surface area contributed by atoms with Crippen LogP contribution in [-0.4, -0.2) is 43.9 Å². The molecule has 5 nitrogen and oxygen atoms in total. The number of anilines is 1. The molecule has 11 heteroatoms. The zero-order valence-corrected chi connectivity index (χ0v) is 19.2. The molecule has 0 unspecified atom stereocenters. The number of thiazole rings is 1. The molecule has 3 aromatic rings. The summed E-state index contributed by atoms with van der Waals surface area (Å²) in [5.74, 6) is -2.18. The van der Waals surface area contributed by atoms with E-state index >= 15 is 0 Å². The van der Waals surface area contributed by atoms with E-state index in [2.05, 4.69) is 4.98 Å². The van der Waals surface area contributed by atoms with Crippen LogP contribution in [0.1, 0.15) is 11.3 Å². The Morgan fingerprint density at radius 2 is 1.68 bits per heavy atom. The van der Waals surface area contributed by atoms with Crippen LogP contribution in [0.3, 0.4) is 0 Å². The van der Waals surface area contributed by atoms with Gasteiger partial charge in [-0.3, -0.25) is 0 Å². The van der Waals surface area contributed by atoms with E-state index in [1.807, 2.05) is 16.3 Å². The second-order valence-corrected chi connectivity index (χ2v) is 10.5. The van der Waals surface area contributed by atoms with Gasteiger partial charge in [-0.1, -0.05) is 35.3 Å². The van der Waals surface area contributed by atoms with Crippen LogP contribution in [-0.2, 0) is 16.4 Å². The molecule has 1 aliphatic heterocycles. The predicted octanol–water partition coefficient (Wildman–Crippen LogP) is 4.83. The number of piperazine rings is 1. The first-order chi connectivity index (χ1) is 14.8. The molecular formula is C20H17Cl2F2N3O2S2. The Bertz CT molecular complexity index is 1190. The fraction of sp³-hybridized carbons (Fsp3) is 0.250. The largest absolute Gasteiger partial charge is 0.345 e. The van der Waals surface area contributed by atoms with Crippen LogP contribution in [0.5, 0.6) is 0 Å². The third kappa shape index (κ3) is 4.70. The predicted molar refractivity (Wildman–Crippen MR) is 119 cm³/mol. The van der Waals surface area contributed by atoms with Crippen molar-refractivity contribution in [1.82, 2.24) is 9.29 Å². The van der Waals surface area contributed by atoms with Crippen LogP contribution < -0.4 is 4.90 Å². The Kier molecular flexibility index (Phi) is 6.50. The van der Waals surface area contributed by atoms with Crippen LogP contribution in [0.25, 0.3) is 0 Å². The number of hydrogen-bond donors (Lipinski definition) is 0. The van der Waals surface area contributed by atoms with Crippen molar-refractivity contribution in [2.24, 2.45) is 0 Å². The molecule has 0 N–H and O–H groups in total. The molecule has 0 saturated carbocycles. The van der Waals surface area contributed by atoms with Crippen LogP contribution in [0, 0.1) is 11.6 Å². The summed E-state index contributed by atoms with van der Waals surface area (Å²) in [7, 11) is -4.26. The van der Waals surface area contributed by atoms with Crippen molar-refractivity contribution < 1.29 is 17.2 Å². The smallest absolute Gasteiger partial charge is 0.249 e. The van der Waals surface area contributed by atoms with Gasteiger partial charge >= 0.3 is 0 Å². The van der Waals surface area contributed by atoms with E-state index in [4.69, 9.17) is 23.2 Å². The summed E-state index contributed by atoms with van der Waals surface area (Å²) in [5.41, 5.74) is 1.84. The Morgan fingerprint density at radius 3 is 2.32 bits per heavy atom. The number of hydrogen-bond acceptors (Lipinski definition) is 5. The minimum absolute atomic E-state index is 0.109. The molecule has 0 spiro atoms. The van der Waals surface area contributed by atoms with Crippen LogP contribution in [0.2, 0.25) is 10.0 Å². The SMILES string of the molecule is O=S(=O)(c1c(F)cccc1F)N1CCN(c2nc(Cc3ccc(Cl)c(Cl)c3)cs2)CC1. The lowest BCUT2D eigenvalue weighted by atomic mass is 10.1. The van der Waals surface area contributed by atoms with Gasteiger partial charge in [0.25, 0.3) is 0 Å². The van der Waals surface area contributed by atoms with Gasteiger partial charge in [0.05, 0.1) is 15.7 Å². The van der Waals surface area contributed by atoms with Gasteiger partial charge in [0.15, 0.2) is 10.0 Å². The Hall–Kier alpha value is -1.78. The fourth-order valence-electron chi connectivity index (χ4n) is 3.36. The molecule has 4 rings (SSSR count). The Balaban J connectivity index is 1.43. The zero-order valence-electron chi connectivity index (χ0n) is 16.1. The lowest BCUT2D eigenvalue weighted by Gasteiger charge is -2.33. The molecule has 0 atom stereocenters. The van der Waals surface area contributed by atoms with Crippen molar-refractivity contribution in [3.63, 3.8) is 0 Å². The molecule has 1 saturated heterocycles. The van der Waals surface area contributed by atoms with Gasteiger partial charge in [-0.05, 0) is 29.8 Å². The van der Waals surface area contributed by atoms with E-state index in [-0.39, 0.29) is 13.1 Å². The van der Waals surface area contributed by atoms with E-state index < -0.39 is 26.6 Å². The second-order valence-electron chi connectivity index (χ2n) is 6.99. The van der Waals surface area contributed by atoms with Crippen molar-refractivity contribution in [2.75, 3.05) is 31.1 Å². The molecule has 1 fully saturated rings. The fourth-order valence-corrected chi connectivity index (χ4v) is 6.09. The molecule has 0 aliphatic carbocycles. The van der Waals surface area contributed by atoms with E-state index in [9.17, 15) is 17.2 Å². The summed E-state index contributed by atoms with van der Waals surface area (Å²) in [4.78, 5) is 5.70. The number of halogens is 4. The molecule has 164 valence electrons. The highest BCUT2D eigenvalue weighted by Gasteiger charge is 2.33. The highest BCUT2D eigenvalue weighted by atomic mass is 35.5. The van der Waals surface area contributed by atoms with Crippen LogP contribution >= 0.6 is 34.5 Å². The van der Waals surface area contributed by atoms with Gasteiger partial charge in [0.2, 0.25) is 10.0 Å². The molecule has 1 aliphatic rings. The monoisotopic (exact) mass is 503 g/mol. The quantitative estimate of drug-likeness (QED) is 0.500. The molecule has 0 radical (unpaired) electrons. The minimum Gasteiger partial charge on any atom is -0.345 e. The second kappa shape index (κ2) is 8.99. The van der Waals surface area contributed by atoms with Crippen LogP contribution in [0.15, 0.2) is 46.7 Å². The molecule has 2 heterocycles. The molecule has 1 aromatic heterocycles. The van der Waals surface area contributed by atoms with Gasteiger partial charge in [-0.2, -0.15) is 4.31 Å². The lowest BCUT2D eigenvalue weighted by molar-refractivity contribution is 0.378. The molecule has 0 amide bonds. The average molecular weight is 504 g/mol. The van der Waals surface area contributed by atoms with Crippen molar-refractivity contribution >= 4 is 49.7 Å². The summed E-state index contributed by atoms with van der Waals surface area (Å²) in [5, 5.41) is 3.69. The van der Waals surface area contributed by atoms with Gasteiger partial charge < -0.3 is 4.90 Å². The first kappa shape index (κ1) is 22.4. The summed E-state index contributed by atoms with van der Waals surface area (Å²) in [6.07, 6.45) is 0.592. The molecule has 0 bridgehead atoms. The van der Waals surface area contributed by atoms with Crippen molar-refractivity contribution in [1.29, 1.82) is 0 Å². The maximum atomic E-state index is 14.0. The number of nitrogens with zero attached hydrogens (tertiary/aromatic N) is 3. The summed E-state index contributed by atoms with van der Waals surface area (Å²) < 4.78 is 54.5. The van der Waals surface area contributed by atoms with Crippen LogP contribution in [0.4, 0.5) is 13.9 Å². The topological polar surface area (TPSA) is 53.5 Å². The first-order valence-electron chi connectivity index (χ1n) is 9.33.